The van der Waals surface area contributed by atoms with Gasteiger partial charge in [-0.05, 0) is 49.7 Å². The summed E-state index contributed by atoms with van der Waals surface area (Å²) in [6, 6.07) is 7.07. The number of amides is 3. The van der Waals surface area contributed by atoms with E-state index in [4.69, 9.17) is 0 Å². The van der Waals surface area contributed by atoms with Crippen LogP contribution in [0.3, 0.4) is 0 Å². The second kappa shape index (κ2) is 11.1. The van der Waals surface area contributed by atoms with E-state index in [0.717, 1.165) is 5.56 Å². The van der Waals surface area contributed by atoms with Crippen LogP contribution in [0, 0.1) is 24.7 Å². The van der Waals surface area contributed by atoms with Crippen molar-refractivity contribution in [2.75, 3.05) is 19.6 Å². The Morgan fingerprint density at radius 1 is 1.07 bits per heavy atom. The molecule has 3 amide bonds. The SMILES string of the molecule is Cc1cccc(C(=O)N2CCC([C@H](NC(=O)CC(C)C)C(=O)NCC(C)C)CC2)c1. The summed E-state index contributed by atoms with van der Waals surface area (Å²) in [4.78, 5) is 39.9. The number of rotatable bonds is 8. The van der Waals surface area contributed by atoms with Crippen LogP contribution in [0.2, 0.25) is 0 Å². The van der Waals surface area contributed by atoms with Crippen molar-refractivity contribution in [1.82, 2.24) is 15.5 Å². The lowest BCUT2D eigenvalue weighted by atomic mass is 9.88. The summed E-state index contributed by atoms with van der Waals surface area (Å²) in [5.41, 5.74) is 1.76. The van der Waals surface area contributed by atoms with Crippen LogP contribution in [-0.4, -0.2) is 48.3 Å². The van der Waals surface area contributed by atoms with E-state index >= 15 is 0 Å². The van der Waals surface area contributed by atoms with E-state index in [1.54, 1.807) is 0 Å². The second-order valence-corrected chi connectivity index (χ2v) is 9.28. The predicted octanol–water partition coefficient (Wildman–Crippen LogP) is 3.15. The van der Waals surface area contributed by atoms with Crippen LogP contribution in [-0.2, 0) is 9.59 Å². The highest BCUT2D eigenvalue weighted by atomic mass is 16.2. The third-order valence-electron chi connectivity index (χ3n) is 5.44. The molecule has 6 nitrogen and oxygen atoms in total. The molecule has 6 heteroatoms. The molecule has 0 radical (unpaired) electrons. The molecule has 1 fully saturated rings. The minimum absolute atomic E-state index is 0.0230. The van der Waals surface area contributed by atoms with Gasteiger partial charge in [0, 0.05) is 31.6 Å². The lowest BCUT2D eigenvalue weighted by Crippen LogP contribution is -2.54. The average molecular weight is 416 g/mol. The minimum atomic E-state index is -0.550. The molecule has 1 aromatic rings. The molecule has 0 aromatic heterocycles. The van der Waals surface area contributed by atoms with Crippen molar-refractivity contribution in [2.24, 2.45) is 17.8 Å². The van der Waals surface area contributed by atoms with Gasteiger partial charge in [-0.15, -0.1) is 0 Å². The first-order valence-corrected chi connectivity index (χ1v) is 11.1. The summed E-state index contributed by atoms with van der Waals surface area (Å²) in [5.74, 6) is 0.418. The van der Waals surface area contributed by atoms with E-state index in [9.17, 15) is 14.4 Å². The van der Waals surface area contributed by atoms with E-state index in [-0.39, 0.29) is 29.6 Å². The molecule has 2 N–H and O–H groups in total. The standard InChI is InChI=1S/C24H37N3O3/c1-16(2)13-21(28)26-22(23(29)25-15-17(3)4)19-9-11-27(12-10-19)24(30)20-8-6-7-18(5)14-20/h6-8,14,16-17,19,22H,9-13,15H2,1-5H3,(H,25,29)(H,26,28)/t22-/m0/s1. The van der Waals surface area contributed by atoms with Crippen molar-refractivity contribution >= 4 is 17.7 Å². The van der Waals surface area contributed by atoms with Crippen LogP contribution in [0.25, 0.3) is 0 Å². The van der Waals surface area contributed by atoms with Crippen LogP contribution in [0.5, 0.6) is 0 Å². The summed E-state index contributed by atoms with van der Waals surface area (Å²) in [6.07, 6.45) is 1.79. The number of hydrogen-bond acceptors (Lipinski definition) is 3. The number of nitrogens with zero attached hydrogens (tertiary/aromatic N) is 1. The molecule has 1 aromatic carbocycles. The Morgan fingerprint density at radius 2 is 1.73 bits per heavy atom. The number of carbonyl (C=O) groups excluding carboxylic acids is 3. The zero-order chi connectivity index (χ0) is 22.3. The van der Waals surface area contributed by atoms with Crippen molar-refractivity contribution in [3.63, 3.8) is 0 Å². The monoisotopic (exact) mass is 415 g/mol. The predicted molar refractivity (Wildman–Crippen MR) is 119 cm³/mol. The van der Waals surface area contributed by atoms with Gasteiger partial charge in [-0.2, -0.15) is 0 Å². The van der Waals surface area contributed by atoms with Gasteiger partial charge in [0.2, 0.25) is 11.8 Å². The molecule has 1 atom stereocenters. The van der Waals surface area contributed by atoms with Crippen molar-refractivity contribution in [1.29, 1.82) is 0 Å². The van der Waals surface area contributed by atoms with Gasteiger partial charge in [0.15, 0.2) is 0 Å². The van der Waals surface area contributed by atoms with Crippen LogP contribution in [0.1, 0.15) is 62.9 Å². The maximum Gasteiger partial charge on any atom is 0.253 e. The van der Waals surface area contributed by atoms with E-state index in [1.807, 2.05) is 63.8 Å². The van der Waals surface area contributed by atoms with Gasteiger partial charge < -0.3 is 15.5 Å². The van der Waals surface area contributed by atoms with Crippen molar-refractivity contribution in [2.45, 2.75) is 59.9 Å². The Hall–Kier alpha value is -2.37. The molecule has 0 unspecified atom stereocenters. The van der Waals surface area contributed by atoms with E-state index in [2.05, 4.69) is 10.6 Å². The second-order valence-electron chi connectivity index (χ2n) is 9.28. The number of aryl methyl sites for hydroxylation is 1. The fraction of sp³-hybridized carbons (Fsp3) is 0.625. The van der Waals surface area contributed by atoms with E-state index in [1.165, 1.54) is 0 Å². The molecular weight excluding hydrogens is 378 g/mol. The maximum absolute atomic E-state index is 12.8. The fourth-order valence-electron chi connectivity index (χ4n) is 3.81. The third-order valence-corrected chi connectivity index (χ3v) is 5.44. The smallest absolute Gasteiger partial charge is 0.253 e. The largest absolute Gasteiger partial charge is 0.354 e. The Kier molecular flexibility index (Phi) is 8.88. The molecule has 1 aliphatic heterocycles. The van der Waals surface area contributed by atoms with Gasteiger partial charge in [0.05, 0.1) is 0 Å². The first kappa shape index (κ1) is 23.9. The molecule has 166 valence electrons. The van der Waals surface area contributed by atoms with Crippen LogP contribution in [0.15, 0.2) is 24.3 Å². The molecule has 0 bridgehead atoms. The molecule has 0 aliphatic carbocycles. The average Bonchev–Trinajstić information content (AvgIpc) is 2.69. The Balaban J connectivity index is 2.02. The highest BCUT2D eigenvalue weighted by molar-refractivity contribution is 5.94. The number of piperidine rings is 1. The lowest BCUT2D eigenvalue weighted by Gasteiger charge is -2.36. The van der Waals surface area contributed by atoms with Gasteiger partial charge in [-0.3, -0.25) is 14.4 Å². The van der Waals surface area contributed by atoms with Gasteiger partial charge in [-0.25, -0.2) is 0 Å². The molecular formula is C24H37N3O3. The first-order valence-electron chi connectivity index (χ1n) is 11.1. The normalized spacial score (nSPS) is 15.9. The first-order chi connectivity index (χ1) is 14.2. The summed E-state index contributed by atoms with van der Waals surface area (Å²) >= 11 is 0. The topological polar surface area (TPSA) is 78.5 Å². The van der Waals surface area contributed by atoms with Gasteiger partial charge in [-0.1, -0.05) is 45.4 Å². The molecule has 0 saturated carbocycles. The van der Waals surface area contributed by atoms with Crippen molar-refractivity contribution < 1.29 is 14.4 Å². The van der Waals surface area contributed by atoms with Crippen LogP contribution in [0.4, 0.5) is 0 Å². The highest BCUT2D eigenvalue weighted by Gasteiger charge is 2.34. The molecule has 1 saturated heterocycles. The molecule has 2 rings (SSSR count). The number of hydrogen-bond donors (Lipinski definition) is 2. The number of likely N-dealkylation sites (tertiary alicyclic amines) is 1. The third kappa shape index (κ3) is 7.15. The summed E-state index contributed by atoms with van der Waals surface area (Å²) in [5, 5.41) is 5.94. The zero-order valence-electron chi connectivity index (χ0n) is 19.0. The fourth-order valence-corrected chi connectivity index (χ4v) is 3.81. The Bertz CT molecular complexity index is 737. The summed E-state index contributed by atoms with van der Waals surface area (Å²) in [7, 11) is 0. The van der Waals surface area contributed by atoms with Crippen LogP contribution >= 0.6 is 0 Å². The van der Waals surface area contributed by atoms with Gasteiger partial charge in [0.25, 0.3) is 5.91 Å². The quantitative estimate of drug-likeness (QED) is 0.685. The zero-order valence-corrected chi connectivity index (χ0v) is 19.0. The minimum Gasteiger partial charge on any atom is -0.354 e. The van der Waals surface area contributed by atoms with Gasteiger partial charge in [0.1, 0.15) is 6.04 Å². The number of carbonyl (C=O) groups is 3. The Morgan fingerprint density at radius 3 is 2.30 bits per heavy atom. The molecule has 30 heavy (non-hydrogen) atoms. The number of nitrogens with one attached hydrogen (secondary N) is 2. The highest BCUT2D eigenvalue weighted by Crippen LogP contribution is 2.23. The number of benzene rings is 1. The summed E-state index contributed by atoms with van der Waals surface area (Å²) < 4.78 is 0. The van der Waals surface area contributed by atoms with Gasteiger partial charge >= 0.3 is 0 Å². The van der Waals surface area contributed by atoms with Crippen LogP contribution < -0.4 is 10.6 Å². The molecule has 1 aliphatic rings. The van der Waals surface area contributed by atoms with E-state index < -0.39 is 6.04 Å². The van der Waals surface area contributed by atoms with E-state index in [0.29, 0.717) is 50.4 Å². The van der Waals surface area contributed by atoms with Crippen molar-refractivity contribution in [3.8, 4) is 0 Å². The molecule has 0 spiro atoms. The summed E-state index contributed by atoms with van der Waals surface area (Å²) in [6.45, 7) is 11.8. The van der Waals surface area contributed by atoms with Crippen molar-refractivity contribution in [3.05, 3.63) is 35.4 Å². The Labute approximate surface area is 180 Å². The molecule has 1 heterocycles. The lowest BCUT2D eigenvalue weighted by molar-refractivity contribution is -0.131. The maximum atomic E-state index is 12.8.